The zero-order chi connectivity index (χ0) is 11.4. The summed E-state index contributed by atoms with van der Waals surface area (Å²) >= 11 is 0. The highest BCUT2D eigenvalue weighted by Gasteiger charge is 2.28. The van der Waals surface area contributed by atoms with Crippen LogP contribution in [-0.4, -0.2) is 36.5 Å². The van der Waals surface area contributed by atoms with Gasteiger partial charge in [0.2, 0.25) is 5.91 Å². The molecule has 2 aliphatic heterocycles. The number of carbonyl (C=O) groups is 1. The van der Waals surface area contributed by atoms with Gasteiger partial charge in [-0.1, -0.05) is 19.8 Å². The number of rotatable bonds is 2. The fraction of sp³-hybridized carbons (Fsp3) is 0.923. The molecule has 1 N–H and O–H groups in total. The van der Waals surface area contributed by atoms with Crippen LogP contribution in [0.2, 0.25) is 0 Å². The van der Waals surface area contributed by atoms with Crippen molar-refractivity contribution in [1.82, 2.24) is 10.2 Å². The lowest BCUT2D eigenvalue weighted by molar-refractivity contribution is -0.135. The SMILES string of the molecule is CCC1CCCN(C(=O)[C@@H]2CCCCN2)C1. The minimum Gasteiger partial charge on any atom is -0.341 e. The summed E-state index contributed by atoms with van der Waals surface area (Å²) in [6.45, 7) is 5.22. The summed E-state index contributed by atoms with van der Waals surface area (Å²) in [4.78, 5) is 14.4. The van der Waals surface area contributed by atoms with E-state index >= 15 is 0 Å². The lowest BCUT2D eigenvalue weighted by atomic mass is 9.94. The maximum absolute atomic E-state index is 12.3. The van der Waals surface area contributed by atoms with Crippen molar-refractivity contribution in [2.24, 2.45) is 5.92 Å². The van der Waals surface area contributed by atoms with Gasteiger partial charge in [0.05, 0.1) is 6.04 Å². The van der Waals surface area contributed by atoms with Gasteiger partial charge in [0.1, 0.15) is 0 Å². The van der Waals surface area contributed by atoms with E-state index in [-0.39, 0.29) is 6.04 Å². The maximum atomic E-state index is 12.3. The molecule has 0 aromatic carbocycles. The maximum Gasteiger partial charge on any atom is 0.239 e. The monoisotopic (exact) mass is 224 g/mol. The highest BCUT2D eigenvalue weighted by molar-refractivity contribution is 5.82. The topological polar surface area (TPSA) is 32.3 Å². The molecule has 1 unspecified atom stereocenters. The molecule has 0 radical (unpaired) electrons. The van der Waals surface area contributed by atoms with Crippen LogP contribution in [-0.2, 0) is 4.79 Å². The molecule has 2 heterocycles. The van der Waals surface area contributed by atoms with Crippen LogP contribution < -0.4 is 5.32 Å². The zero-order valence-corrected chi connectivity index (χ0v) is 10.4. The van der Waals surface area contributed by atoms with Gasteiger partial charge in [-0.05, 0) is 38.1 Å². The third-order valence-corrected chi connectivity index (χ3v) is 4.02. The summed E-state index contributed by atoms with van der Waals surface area (Å²) in [6.07, 6.45) is 7.17. The van der Waals surface area contributed by atoms with Crippen molar-refractivity contribution in [2.75, 3.05) is 19.6 Å². The van der Waals surface area contributed by atoms with Gasteiger partial charge in [0, 0.05) is 13.1 Å². The van der Waals surface area contributed by atoms with Crippen molar-refractivity contribution in [1.29, 1.82) is 0 Å². The fourth-order valence-electron chi connectivity index (χ4n) is 2.88. The number of nitrogens with one attached hydrogen (secondary N) is 1. The van der Waals surface area contributed by atoms with Crippen LogP contribution in [0.25, 0.3) is 0 Å². The molecule has 3 heteroatoms. The van der Waals surface area contributed by atoms with Gasteiger partial charge in [-0.25, -0.2) is 0 Å². The summed E-state index contributed by atoms with van der Waals surface area (Å²) < 4.78 is 0. The van der Waals surface area contributed by atoms with Crippen molar-refractivity contribution < 1.29 is 4.79 Å². The molecule has 0 aromatic rings. The summed E-state index contributed by atoms with van der Waals surface area (Å²) in [5.41, 5.74) is 0. The Hall–Kier alpha value is -0.570. The number of likely N-dealkylation sites (tertiary alicyclic amines) is 1. The van der Waals surface area contributed by atoms with Gasteiger partial charge in [-0.15, -0.1) is 0 Å². The van der Waals surface area contributed by atoms with Gasteiger partial charge < -0.3 is 10.2 Å². The highest BCUT2D eigenvalue weighted by Crippen LogP contribution is 2.21. The van der Waals surface area contributed by atoms with Crippen molar-refractivity contribution in [2.45, 2.75) is 51.5 Å². The van der Waals surface area contributed by atoms with Gasteiger partial charge >= 0.3 is 0 Å². The second-order valence-corrected chi connectivity index (χ2v) is 5.20. The van der Waals surface area contributed by atoms with E-state index in [4.69, 9.17) is 0 Å². The Morgan fingerprint density at radius 2 is 2.19 bits per heavy atom. The van der Waals surface area contributed by atoms with Crippen LogP contribution >= 0.6 is 0 Å². The van der Waals surface area contributed by atoms with E-state index in [1.807, 2.05) is 0 Å². The first-order valence-electron chi connectivity index (χ1n) is 6.83. The van der Waals surface area contributed by atoms with E-state index < -0.39 is 0 Å². The predicted molar refractivity (Wildman–Crippen MR) is 65.2 cm³/mol. The molecule has 2 rings (SSSR count). The van der Waals surface area contributed by atoms with Crippen LogP contribution in [0, 0.1) is 5.92 Å². The lowest BCUT2D eigenvalue weighted by Crippen LogP contribution is -2.51. The average Bonchev–Trinajstić information content (AvgIpc) is 2.39. The third kappa shape index (κ3) is 2.76. The summed E-state index contributed by atoms with van der Waals surface area (Å²) in [5.74, 6) is 1.10. The number of hydrogen-bond donors (Lipinski definition) is 1. The van der Waals surface area contributed by atoms with Crippen molar-refractivity contribution in [3.63, 3.8) is 0 Å². The lowest BCUT2D eigenvalue weighted by Gasteiger charge is -2.35. The quantitative estimate of drug-likeness (QED) is 0.775. The molecule has 1 amide bonds. The van der Waals surface area contributed by atoms with E-state index in [0.717, 1.165) is 32.0 Å². The molecule has 2 aliphatic rings. The molecule has 92 valence electrons. The van der Waals surface area contributed by atoms with Gasteiger partial charge in [0.15, 0.2) is 0 Å². The molecule has 0 saturated carbocycles. The zero-order valence-electron chi connectivity index (χ0n) is 10.4. The molecule has 2 atom stereocenters. The summed E-state index contributed by atoms with van der Waals surface area (Å²) in [5, 5.41) is 3.36. The first kappa shape index (κ1) is 11.9. The van der Waals surface area contributed by atoms with Gasteiger partial charge in [-0.3, -0.25) is 4.79 Å². The van der Waals surface area contributed by atoms with Crippen molar-refractivity contribution in [3.05, 3.63) is 0 Å². The predicted octanol–water partition coefficient (Wildman–Crippen LogP) is 1.78. The van der Waals surface area contributed by atoms with E-state index in [0.29, 0.717) is 5.91 Å². The Morgan fingerprint density at radius 1 is 1.31 bits per heavy atom. The normalized spacial score (nSPS) is 31.4. The number of carbonyl (C=O) groups excluding carboxylic acids is 1. The largest absolute Gasteiger partial charge is 0.341 e. The molecule has 3 nitrogen and oxygen atoms in total. The Kier molecular flexibility index (Phi) is 4.22. The second kappa shape index (κ2) is 5.67. The summed E-state index contributed by atoms with van der Waals surface area (Å²) in [7, 11) is 0. The van der Waals surface area contributed by atoms with Crippen LogP contribution in [0.3, 0.4) is 0 Å². The first-order valence-corrected chi connectivity index (χ1v) is 6.83. The number of nitrogens with zero attached hydrogens (tertiary/aromatic N) is 1. The molecular weight excluding hydrogens is 200 g/mol. The van der Waals surface area contributed by atoms with Crippen LogP contribution in [0.4, 0.5) is 0 Å². The molecule has 0 spiro atoms. The fourth-order valence-corrected chi connectivity index (χ4v) is 2.88. The van der Waals surface area contributed by atoms with Crippen molar-refractivity contribution in [3.8, 4) is 0 Å². The van der Waals surface area contributed by atoms with E-state index in [1.165, 1.54) is 32.1 Å². The molecule has 0 aromatic heterocycles. The molecule has 2 fully saturated rings. The van der Waals surface area contributed by atoms with E-state index in [1.54, 1.807) is 0 Å². The second-order valence-electron chi connectivity index (χ2n) is 5.20. The minimum absolute atomic E-state index is 0.115. The number of hydrogen-bond acceptors (Lipinski definition) is 2. The van der Waals surface area contributed by atoms with Crippen LogP contribution in [0.15, 0.2) is 0 Å². The van der Waals surface area contributed by atoms with Crippen LogP contribution in [0.1, 0.15) is 45.4 Å². The van der Waals surface area contributed by atoms with Gasteiger partial charge in [0.25, 0.3) is 0 Å². The first-order chi connectivity index (χ1) is 7.81. The standard InChI is InChI=1S/C13H24N2O/c1-2-11-6-5-9-15(10-11)13(16)12-7-3-4-8-14-12/h11-12,14H,2-10H2,1H3/t11?,12-/m0/s1. The molecule has 0 aliphatic carbocycles. The average molecular weight is 224 g/mol. The minimum atomic E-state index is 0.115. The van der Waals surface area contributed by atoms with Crippen LogP contribution in [0.5, 0.6) is 0 Å². The van der Waals surface area contributed by atoms with E-state index in [9.17, 15) is 4.79 Å². The molecule has 16 heavy (non-hydrogen) atoms. The molecule has 0 bridgehead atoms. The number of piperidine rings is 2. The Balaban J connectivity index is 1.87. The Labute approximate surface area is 98.6 Å². The Morgan fingerprint density at radius 3 is 2.88 bits per heavy atom. The van der Waals surface area contributed by atoms with E-state index in [2.05, 4.69) is 17.1 Å². The highest BCUT2D eigenvalue weighted by atomic mass is 16.2. The molecular formula is C13H24N2O. The molecule has 2 saturated heterocycles. The van der Waals surface area contributed by atoms with Crippen molar-refractivity contribution >= 4 is 5.91 Å². The third-order valence-electron chi connectivity index (χ3n) is 4.02. The number of amides is 1. The summed E-state index contributed by atoms with van der Waals surface area (Å²) in [6, 6.07) is 0.115. The van der Waals surface area contributed by atoms with Gasteiger partial charge in [-0.2, -0.15) is 0 Å². The Bertz CT molecular complexity index is 236. The smallest absolute Gasteiger partial charge is 0.239 e.